The lowest BCUT2D eigenvalue weighted by Crippen LogP contribution is -2.24. The van der Waals surface area contributed by atoms with Gasteiger partial charge >= 0.3 is 5.97 Å². The molecule has 0 radical (unpaired) electrons. The zero-order valence-corrected chi connectivity index (χ0v) is 14.6. The van der Waals surface area contributed by atoms with Gasteiger partial charge in [-0.3, -0.25) is 4.79 Å². The Balaban J connectivity index is 1.64. The summed E-state index contributed by atoms with van der Waals surface area (Å²) in [7, 11) is 0. The van der Waals surface area contributed by atoms with Gasteiger partial charge in [-0.25, -0.2) is 9.78 Å². The molecule has 0 unspecified atom stereocenters. The van der Waals surface area contributed by atoms with E-state index in [9.17, 15) is 9.59 Å². The van der Waals surface area contributed by atoms with Gasteiger partial charge in [0.05, 0.1) is 10.6 Å². The van der Waals surface area contributed by atoms with E-state index in [1.54, 1.807) is 35.6 Å². The highest BCUT2D eigenvalue weighted by atomic mass is 32.1. The monoisotopic (exact) mass is 346 g/mol. The maximum Gasteiger partial charge on any atom is 0.335 e. The van der Waals surface area contributed by atoms with Gasteiger partial charge in [0.25, 0.3) is 0 Å². The van der Waals surface area contributed by atoms with Gasteiger partial charge in [0.1, 0.15) is 0 Å². The number of carboxylic acids is 1. The van der Waals surface area contributed by atoms with E-state index in [1.165, 1.54) is 0 Å². The second kappa shape index (κ2) is 9.17. The van der Waals surface area contributed by atoms with E-state index < -0.39 is 5.97 Å². The van der Waals surface area contributed by atoms with Crippen molar-refractivity contribution < 1.29 is 14.7 Å². The van der Waals surface area contributed by atoms with E-state index in [2.05, 4.69) is 10.3 Å². The largest absolute Gasteiger partial charge is 0.478 e. The van der Waals surface area contributed by atoms with Gasteiger partial charge in [-0.15, -0.1) is 11.3 Å². The van der Waals surface area contributed by atoms with Gasteiger partial charge in [0, 0.05) is 24.0 Å². The third-order valence-electron chi connectivity index (χ3n) is 3.68. The maximum atomic E-state index is 11.9. The van der Waals surface area contributed by atoms with Gasteiger partial charge in [-0.05, 0) is 44.2 Å². The minimum atomic E-state index is -0.955. The van der Waals surface area contributed by atoms with Crippen LogP contribution in [0.15, 0.2) is 29.6 Å². The number of carboxylic acid groups (broad SMARTS) is 1. The molecule has 128 valence electrons. The maximum absolute atomic E-state index is 11.9. The van der Waals surface area contributed by atoms with E-state index in [1.807, 2.05) is 12.3 Å². The number of benzene rings is 1. The molecular weight excluding hydrogens is 324 g/mol. The molecule has 2 aromatic rings. The smallest absolute Gasteiger partial charge is 0.335 e. The molecule has 2 N–H and O–H groups in total. The summed E-state index contributed by atoms with van der Waals surface area (Å²) in [6, 6.07) is 6.81. The fourth-order valence-corrected chi connectivity index (χ4v) is 3.25. The van der Waals surface area contributed by atoms with Crippen molar-refractivity contribution in [1.82, 2.24) is 10.3 Å². The number of unbranched alkanes of at least 4 members (excludes halogenated alkanes) is 1. The third kappa shape index (κ3) is 5.77. The zero-order valence-electron chi connectivity index (χ0n) is 13.7. The molecule has 0 aliphatic heterocycles. The number of aryl methyl sites for hydroxylation is 3. The molecule has 0 aliphatic carbocycles. The summed E-state index contributed by atoms with van der Waals surface area (Å²) in [6.07, 6.45) is 3.59. The molecule has 0 bridgehead atoms. The number of rotatable bonds is 9. The van der Waals surface area contributed by atoms with Crippen molar-refractivity contribution in [1.29, 1.82) is 0 Å². The third-order valence-corrected chi connectivity index (χ3v) is 4.70. The van der Waals surface area contributed by atoms with Crippen molar-refractivity contribution in [3.05, 3.63) is 51.5 Å². The molecule has 0 atom stereocenters. The molecule has 6 heteroatoms. The van der Waals surface area contributed by atoms with Crippen molar-refractivity contribution >= 4 is 23.2 Å². The summed E-state index contributed by atoms with van der Waals surface area (Å²) in [5.74, 6) is -0.997. The van der Waals surface area contributed by atoms with Crippen LogP contribution in [-0.2, 0) is 17.6 Å². The van der Waals surface area contributed by atoms with E-state index in [4.69, 9.17) is 5.11 Å². The minimum Gasteiger partial charge on any atom is -0.478 e. The number of carbonyl (C=O) groups is 2. The molecule has 0 fully saturated rings. The first-order valence-electron chi connectivity index (χ1n) is 8.05. The van der Waals surface area contributed by atoms with E-state index in [-0.39, 0.29) is 11.5 Å². The number of nitrogens with one attached hydrogen (secondary N) is 1. The number of nitrogens with zero attached hydrogens (tertiary/aromatic N) is 1. The summed E-state index contributed by atoms with van der Waals surface area (Å²) in [5.41, 5.74) is 2.02. The van der Waals surface area contributed by atoms with Gasteiger partial charge in [-0.1, -0.05) is 18.2 Å². The van der Waals surface area contributed by atoms with Crippen LogP contribution in [0.25, 0.3) is 0 Å². The lowest BCUT2D eigenvalue weighted by molar-refractivity contribution is -0.121. The van der Waals surface area contributed by atoms with E-state index in [0.29, 0.717) is 24.9 Å². The molecule has 1 aromatic carbocycles. The van der Waals surface area contributed by atoms with Crippen LogP contribution in [0.1, 0.15) is 45.9 Å². The quantitative estimate of drug-likeness (QED) is 0.683. The first kappa shape index (κ1) is 18.1. The summed E-state index contributed by atoms with van der Waals surface area (Å²) in [4.78, 5) is 27.4. The highest BCUT2D eigenvalue weighted by Gasteiger charge is 2.10. The molecule has 0 saturated heterocycles. The van der Waals surface area contributed by atoms with Crippen LogP contribution in [0.5, 0.6) is 0 Å². The number of hydrogen-bond acceptors (Lipinski definition) is 4. The topological polar surface area (TPSA) is 79.3 Å². The summed E-state index contributed by atoms with van der Waals surface area (Å²) in [6.45, 7) is 2.63. The normalized spacial score (nSPS) is 10.5. The molecule has 0 spiro atoms. The number of thiazole rings is 1. The van der Waals surface area contributed by atoms with Crippen molar-refractivity contribution in [2.75, 3.05) is 6.54 Å². The average molecular weight is 346 g/mol. The van der Waals surface area contributed by atoms with Crippen LogP contribution in [0.2, 0.25) is 0 Å². The van der Waals surface area contributed by atoms with E-state index >= 15 is 0 Å². The van der Waals surface area contributed by atoms with Crippen LogP contribution in [0, 0.1) is 6.92 Å². The molecule has 5 nitrogen and oxygen atoms in total. The lowest BCUT2D eigenvalue weighted by Gasteiger charge is -2.07. The van der Waals surface area contributed by atoms with Crippen LogP contribution in [-0.4, -0.2) is 28.5 Å². The lowest BCUT2D eigenvalue weighted by atomic mass is 10.0. The molecular formula is C18H22N2O3S. The molecule has 1 heterocycles. The Hall–Kier alpha value is -2.21. The second-order valence-electron chi connectivity index (χ2n) is 5.65. The number of aromatic nitrogens is 1. The Morgan fingerprint density at radius 2 is 2.00 bits per heavy atom. The molecule has 24 heavy (non-hydrogen) atoms. The molecule has 1 amide bonds. The first-order valence-corrected chi connectivity index (χ1v) is 8.93. The van der Waals surface area contributed by atoms with Crippen LogP contribution in [0.4, 0.5) is 0 Å². The van der Waals surface area contributed by atoms with E-state index in [0.717, 1.165) is 30.0 Å². The Bertz CT molecular complexity index is 697. The zero-order chi connectivity index (χ0) is 17.4. The first-order chi connectivity index (χ1) is 11.6. The highest BCUT2D eigenvalue weighted by molar-refractivity contribution is 7.09. The molecule has 0 aliphatic rings. The number of amides is 1. The highest BCUT2D eigenvalue weighted by Crippen LogP contribution is 2.12. The van der Waals surface area contributed by atoms with Crippen molar-refractivity contribution in [3.63, 3.8) is 0 Å². The van der Waals surface area contributed by atoms with Crippen molar-refractivity contribution in [2.24, 2.45) is 0 Å². The SMILES string of the molecule is Cc1csc(CCCCNC(=O)CCc2ccccc2C(=O)O)n1. The fourth-order valence-electron chi connectivity index (χ4n) is 2.43. The number of carbonyl (C=O) groups excluding carboxylic acids is 1. The number of hydrogen-bond donors (Lipinski definition) is 2. The Morgan fingerprint density at radius 1 is 1.21 bits per heavy atom. The van der Waals surface area contributed by atoms with Crippen LogP contribution in [0.3, 0.4) is 0 Å². The van der Waals surface area contributed by atoms with Crippen LogP contribution < -0.4 is 5.32 Å². The van der Waals surface area contributed by atoms with Gasteiger partial charge in [0.15, 0.2) is 0 Å². The number of aromatic carboxylic acids is 1. The Morgan fingerprint density at radius 3 is 2.71 bits per heavy atom. The molecule has 1 aromatic heterocycles. The van der Waals surface area contributed by atoms with Crippen molar-refractivity contribution in [2.45, 2.75) is 39.0 Å². The second-order valence-corrected chi connectivity index (χ2v) is 6.59. The Labute approximate surface area is 145 Å². The average Bonchev–Trinajstić information content (AvgIpc) is 2.98. The van der Waals surface area contributed by atoms with Crippen LogP contribution >= 0.6 is 11.3 Å². The van der Waals surface area contributed by atoms with Gasteiger partial charge in [0.2, 0.25) is 5.91 Å². The predicted octanol–water partition coefficient (Wildman–Crippen LogP) is 3.22. The van der Waals surface area contributed by atoms with Crippen molar-refractivity contribution in [3.8, 4) is 0 Å². The molecule has 0 saturated carbocycles. The molecule has 2 rings (SSSR count). The standard InChI is InChI=1S/C18H22N2O3S/c1-13-12-24-17(20-13)8-4-5-11-19-16(21)10-9-14-6-2-3-7-15(14)18(22)23/h2-3,6-7,12H,4-5,8-11H2,1H3,(H,19,21)(H,22,23). The summed E-state index contributed by atoms with van der Waals surface area (Å²) < 4.78 is 0. The summed E-state index contributed by atoms with van der Waals surface area (Å²) >= 11 is 1.68. The van der Waals surface area contributed by atoms with Gasteiger partial charge in [-0.2, -0.15) is 0 Å². The minimum absolute atomic E-state index is 0.0414. The summed E-state index contributed by atoms with van der Waals surface area (Å²) in [5, 5.41) is 15.2. The Kier molecular flexibility index (Phi) is 6.93. The predicted molar refractivity (Wildman–Crippen MR) is 94.5 cm³/mol. The van der Waals surface area contributed by atoms with Gasteiger partial charge < -0.3 is 10.4 Å². The fraction of sp³-hybridized carbons (Fsp3) is 0.389.